The quantitative estimate of drug-likeness (QED) is 0.200. The Labute approximate surface area is 274 Å². The molecule has 3 nitrogen and oxygen atoms in total. The summed E-state index contributed by atoms with van der Waals surface area (Å²) in [6.45, 7) is 0.0578. The summed E-state index contributed by atoms with van der Waals surface area (Å²) in [4.78, 5) is 5.11. The fourth-order valence-corrected chi connectivity index (χ4v) is 8.63. The molecule has 0 aromatic heterocycles. The molecule has 0 N–H and O–H groups in total. The van der Waals surface area contributed by atoms with Gasteiger partial charge in [0.25, 0.3) is 6.71 Å². The van der Waals surface area contributed by atoms with Crippen LogP contribution in [-0.2, 0) is 0 Å². The van der Waals surface area contributed by atoms with E-state index in [-0.39, 0.29) is 13.6 Å². The molecular formula is C42H26B2N2O. The van der Waals surface area contributed by atoms with Crippen molar-refractivity contribution < 1.29 is 4.74 Å². The van der Waals surface area contributed by atoms with Crippen molar-refractivity contribution in [2.24, 2.45) is 0 Å². The number of anilines is 5. The minimum absolute atomic E-state index is 0.0262. The zero-order valence-corrected chi connectivity index (χ0v) is 25.5. The molecule has 4 aliphatic rings. The summed E-state index contributed by atoms with van der Waals surface area (Å²) in [6.07, 6.45) is 0. The van der Waals surface area contributed by atoms with E-state index < -0.39 is 0 Å². The Morgan fingerprint density at radius 3 is 1.91 bits per heavy atom. The van der Waals surface area contributed by atoms with Crippen molar-refractivity contribution in [3.8, 4) is 33.8 Å². The highest BCUT2D eigenvalue weighted by Gasteiger charge is 2.51. The monoisotopic (exact) mass is 596 g/mol. The van der Waals surface area contributed by atoms with Crippen LogP contribution >= 0.6 is 0 Å². The van der Waals surface area contributed by atoms with E-state index >= 15 is 0 Å². The Kier molecular flexibility index (Phi) is 5.01. The average molecular weight is 596 g/mol. The average Bonchev–Trinajstić information content (AvgIpc) is 3.14. The summed E-state index contributed by atoms with van der Waals surface area (Å²) in [6, 6.07) is 57.5. The number of rotatable bonds is 2. The van der Waals surface area contributed by atoms with Gasteiger partial charge >= 0.3 is 6.85 Å². The van der Waals surface area contributed by atoms with Crippen LogP contribution in [0.1, 0.15) is 0 Å². The number of hydrogen-bond donors (Lipinski definition) is 0. The fraction of sp³-hybridized carbons (Fsp3) is 0. The molecule has 4 heterocycles. The zero-order chi connectivity index (χ0) is 30.6. The van der Waals surface area contributed by atoms with Crippen LogP contribution in [0.25, 0.3) is 22.3 Å². The molecule has 5 heteroatoms. The molecule has 0 amide bonds. The lowest BCUT2D eigenvalue weighted by atomic mass is 9.32. The van der Waals surface area contributed by atoms with Gasteiger partial charge < -0.3 is 14.4 Å². The molecule has 0 saturated carbocycles. The van der Waals surface area contributed by atoms with E-state index in [0.29, 0.717) is 0 Å². The van der Waals surface area contributed by atoms with E-state index in [4.69, 9.17) is 4.74 Å². The van der Waals surface area contributed by atoms with Crippen LogP contribution in [0, 0.1) is 0 Å². The summed E-state index contributed by atoms with van der Waals surface area (Å²) >= 11 is 0. The Morgan fingerprint density at radius 1 is 0.447 bits per heavy atom. The molecule has 0 fully saturated rings. The van der Waals surface area contributed by atoms with E-state index in [2.05, 4.69) is 167 Å². The lowest BCUT2D eigenvalue weighted by Crippen LogP contribution is -2.68. The standard InChI is InChI=1S/C42H26B2N2O/c1-3-13-27(14-4-1)28-23-24-30-31-26-39-41-42-40(31)44(46(37(30)25-28)29-15-5-2-6-16-29)33-18-8-11-21-36(33)45(42)35-20-10-7-17-32(35)43(41)34-19-9-12-22-38(34)47-39/h1-26H. The Bertz CT molecular complexity index is 2430. The van der Waals surface area contributed by atoms with Gasteiger partial charge in [0.15, 0.2) is 0 Å². The molecule has 0 spiro atoms. The van der Waals surface area contributed by atoms with Crippen molar-refractivity contribution in [1.82, 2.24) is 0 Å². The minimum atomic E-state index is -0.0262. The van der Waals surface area contributed by atoms with Crippen molar-refractivity contribution in [2.45, 2.75) is 0 Å². The van der Waals surface area contributed by atoms with E-state index in [9.17, 15) is 0 Å². The first-order chi connectivity index (χ1) is 23.3. The molecular weight excluding hydrogens is 570 g/mol. The molecule has 0 radical (unpaired) electrons. The van der Waals surface area contributed by atoms with Crippen molar-refractivity contribution in [3.63, 3.8) is 0 Å². The van der Waals surface area contributed by atoms with E-state index in [1.165, 1.54) is 78.0 Å². The molecule has 216 valence electrons. The largest absolute Gasteiger partial charge is 0.458 e. The lowest BCUT2D eigenvalue weighted by Gasteiger charge is -2.50. The molecule has 47 heavy (non-hydrogen) atoms. The third-order valence-electron chi connectivity index (χ3n) is 10.5. The maximum atomic E-state index is 6.88. The summed E-state index contributed by atoms with van der Waals surface area (Å²) in [5.74, 6) is 1.89. The second kappa shape index (κ2) is 9.31. The van der Waals surface area contributed by atoms with Crippen LogP contribution in [-0.4, -0.2) is 13.6 Å². The third-order valence-corrected chi connectivity index (χ3v) is 10.5. The summed E-state index contributed by atoms with van der Waals surface area (Å²) in [7, 11) is 0. The third kappa shape index (κ3) is 3.33. The number of nitrogens with zero attached hydrogens (tertiary/aromatic N) is 2. The minimum Gasteiger partial charge on any atom is -0.458 e. The van der Waals surface area contributed by atoms with Gasteiger partial charge in [-0.15, -0.1) is 0 Å². The second-order valence-corrected chi connectivity index (χ2v) is 12.8. The predicted octanol–water partition coefficient (Wildman–Crippen LogP) is 7.00. The second-order valence-electron chi connectivity index (χ2n) is 12.8. The van der Waals surface area contributed by atoms with Crippen molar-refractivity contribution in [3.05, 3.63) is 158 Å². The number of fused-ring (bicyclic) bond motifs is 10. The zero-order valence-electron chi connectivity index (χ0n) is 25.5. The van der Waals surface area contributed by atoms with Crippen molar-refractivity contribution >= 4 is 69.3 Å². The highest BCUT2D eigenvalue weighted by molar-refractivity contribution is 7.01. The first-order valence-electron chi connectivity index (χ1n) is 16.3. The molecule has 0 bridgehead atoms. The lowest BCUT2D eigenvalue weighted by molar-refractivity contribution is 0.488. The van der Waals surface area contributed by atoms with Gasteiger partial charge in [0.1, 0.15) is 11.5 Å². The molecule has 4 aliphatic heterocycles. The molecule has 11 rings (SSSR count). The Hall–Kier alpha value is -5.93. The number of benzene rings is 7. The Morgan fingerprint density at radius 2 is 1.11 bits per heavy atom. The maximum Gasteiger partial charge on any atom is 0.333 e. The normalized spacial score (nSPS) is 14.0. The van der Waals surface area contributed by atoms with Gasteiger partial charge in [0, 0.05) is 34.0 Å². The summed E-state index contributed by atoms with van der Waals surface area (Å²) < 4.78 is 6.88. The highest BCUT2D eigenvalue weighted by Crippen LogP contribution is 2.49. The summed E-state index contributed by atoms with van der Waals surface area (Å²) in [5, 5.41) is 0. The molecule has 0 unspecified atom stereocenters. The molecule has 0 aliphatic carbocycles. The van der Waals surface area contributed by atoms with E-state index in [1.807, 2.05) is 0 Å². The van der Waals surface area contributed by atoms with Crippen LogP contribution in [0.4, 0.5) is 28.4 Å². The molecule has 0 saturated heterocycles. The van der Waals surface area contributed by atoms with Gasteiger partial charge in [-0.3, -0.25) is 0 Å². The highest BCUT2D eigenvalue weighted by atomic mass is 16.5. The van der Waals surface area contributed by atoms with Crippen LogP contribution in [0.3, 0.4) is 0 Å². The first kappa shape index (κ1) is 25.3. The molecule has 0 atom stereocenters. The number of para-hydroxylation sites is 4. The van der Waals surface area contributed by atoms with E-state index in [0.717, 1.165) is 11.5 Å². The topological polar surface area (TPSA) is 15.7 Å². The predicted molar refractivity (Wildman–Crippen MR) is 197 cm³/mol. The Balaban J connectivity index is 1.29. The van der Waals surface area contributed by atoms with Crippen LogP contribution in [0.2, 0.25) is 0 Å². The number of ether oxygens (including phenoxy) is 1. The van der Waals surface area contributed by atoms with Gasteiger partial charge in [-0.25, -0.2) is 0 Å². The van der Waals surface area contributed by atoms with Gasteiger partial charge in [-0.2, -0.15) is 0 Å². The number of hydrogen-bond acceptors (Lipinski definition) is 3. The van der Waals surface area contributed by atoms with Gasteiger partial charge in [-0.1, -0.05) is 115 Å². The summed E-state index contributed by atoms with van der Waals surface area (Å²) in [5.41, 5.74) is 17.4. The van der Waals surface area contributed by atoms with Crippen LogP contribution in [0.15, 0.2) is 158 Å². The van der Waals surface area contributed by atoms with E-state index in [1.54, 1.807) is 0 Å². The van der Waals surface area contributed by atoms with Gasteiger partial charge in [0.2, 0.25) is 0 Å². The SMILES string of the molecule is c1ccc(-c2ccc3c(c2)N(c2ccccc2)B2c4ccccc4N4c5ccccc5B5c6ccccc6Oc6cc-3c2c4c65)cc1. The van der Waals surface area contributed by atoms with Gasteiger partial charge in [0.05, 0.1) is 0 Å². The smallest absolute Gasteiger partial charge is 0.333 e. The fourth-order valence-electron chi connectivity index (χ4n) is 8.63. The van der Waals surface area contributed by atoms with Crippen molar-refractivity contribution in [2.75, 3.05) is 9.71 Å². The first-order valence-corrected chi connectivity index (χ1v) is 16.3. The van der Waals surface area contributed by atoms with Gasteiger partial charge in [-0.05, 0) is 86.5 Å². The molecule has 7 aromatic rings. The van der Waals surface area contributed by atoms with Crippen LogP contribution in [0.5, 0.6) is 11.5 Å². The molecule has 7 aromatic carbocycles. The maximum absolute atomic E-state index is 6.88. The van der Waals surface area contributed by atoms with Crippen molar-refractivity contribution in [1.29, 1.82) is 0 Å². The van der Waals surface area contributed by atoms with Crippen LogP contribution < -0.4 is 41.8 Å².